The Kier molecular flexibility index (Phi) is 5.91. The lowest BCUT2D eigenvalue weighted by atomic mass is 9.94. The first kappa shape index (κ1) is 24.7. The van der Waals surface area contributed by atoms with Crippen LogP contribution in [0.25, 0.3) is 16.0 Å². The largest absolute Gasteiger partial charge is 0.507 e. The number of aliphatic hydroxyl groups is 1. The van der Waals surface area contributed by atoms with Crippen LogP contribution in [-0.4, -0.2) is 41.0 Å². The lowest BCUT2D eigenvalue weighted by Gasteiger charge is -2.23. The van der Waals surface area contributed by atoms with Crippen LogP contribution in [0.2, 0.25) is 0 Å². The van der Waals surface area contributed by atoms with Crippen molar-refractivity contribution in [3.05, 3.63) is 94.3 Å². The standard InChI is InChI=1S/C29H21FN2O6S/c1-14-11-18-12-17(7-10-21(18)38-14)25(33)23-24(15-3-5-16(6-4-15)28(36)37-2)32(27(35)26(23)34)29-31-20-9-8-19(30)13-22(20)39-29/h3-10,12-14,24,33H,11H2,1-2H3. The van der Waals surface area contributed by atoms with Gasteiger partial charge >= 0.3 is 11.9 Å². The fraction of sp³-hybridized carbons (Fsp3) is 0.172. The summed E-state index contributed by atoms with van der Waals surface area (Å²) in [4.78, 5) is 44.6. The van der Waals surface area contributed by atoms with Crippen molar-refractivity contribution in [2.24, 2.45) is 0 Å². The number of hydrogen-bond donors (Lipinski definition) is 1. The number of amides is 1. The number of methoxy groups -OCH3 is 1. The van der Waals surface area contributed by atoms with Crippen molar-refractivity contribution >= 4 is 50.1 Å². The minimum absolute atomic E-state index is 0.0137. The van der Waals surface area contributed by atoms with E-state index in [1.807, 2.05) is 6.92 Å². The van der Waals surface area contributed by atoms with Crippen molar-refractivity contribution in [1.29, 1.82) is 0 Å². The molecule has 3 heterocycles. The SMILES string of the molecule is COC(=O)c1ccc(C2C(=C(O)c3ccc4c(c3)CC(C)O4)C(=O)C(=O)N2c2nc3ccc(F)cc3s2)cc1. The molecule has 0 spiro atoms. The molecule has 2 aliphatic rings. The highest BCUT2D eigenvalue weighted by Crippen LogP contribution is 2.45. The summed E-state index contributed by atoms with van der Waals surface area (Å²) in [5.41, 5.74) is 2.34. The van der Waals surface area contributed by atoms with Crippen molar-refractivity contribution in [3.63, 3.8) is 0 Å². The van der Waals surface area contributed by atoms with Crippen molar-refractivity contribution in [1.82, 2.24) is 4.98 Å². The van der Waals surface area contributed by atoms with Crippen LogP contribution in [0.5, 0.6) is 5.75 Å². The number of ketones is 1. The Labute approximate surface area is 225 Å². The minimum atomic E-state index is -1.05. The molecule has 1 fully saturated rings. The number of rotatable bonds is 4. The summed E-state index contributed by atoms with van der Waals surface area (Å²) in [5, 5.41) is 11.6. The van der Waals surface area contributed by atoms with E-state index in [-0.39, 0.29) is 28.1 Å². The summed E-state index contributed by atoms with van der Waals surface area (Å²) in [7, 11) is 1.27. The number of benzene rings is 3. The van der Waals surface area contributed by atoms with Crippen molar-refractivity contribution < 1.29 is 33.4 Å². The van der Waals surface area contributed by atoms with E-state index >= 15 is 0 Å². The maximum Gasteiger partial charge on any atom is 0.337 e. The van der Waals surface area contributed by atoms with Gasteiger partial charge in [-0.3, -0.25) is 14.5 Å². The number of Topliss-reactive ketones (excluding diaryl/α,β-unsaturated/α-hetero) is 1. The van der Waals surface area contributed by atoms with Crippen LogP contribution >= 0.6 is 11.3 Å². The zero-order valence-electron chi connectivity index (χ0n) is 20.8. The average Bonchev–Trinajstić information content (AvgIpc) is 3.59. The molecule has 39 heavy (non-hydrogen) atoms. The van der Waals surface area contributed by atoms with E-state index in [0.29, 0.717) is 33.5 Å². The summed E-state index contributed by atoms with van der Waals surface area (Å²) in [6, 6.07) is 14.3. The van der Waals surface area contributed by atoms with Gasteiger partial charge in [0.2, 0.25) is 0 Å². The molecule has 10 heteroatoms. The van der Waals surface area contributed by atoms with Gasteiger partial charge in [-0.25, -0.2) is 14.2 Å². The van der Waals surface area contributed by atoms with Crippen LogP contribution in [0.1, 0.15) is 40.0 Å². The van der Waals surface area contributed by atoms with Crippen LogP contribution in [-0.2, 0) is 20.7 Å². The average molecular weight is 545 g/mol. The lowest BCUT2D eigenvalue weighted by molar-refractivity contribution is -0.132. The molecule has 196 valence electrons. The van der Waals surface area contributed by atoms with Gasteiger partial charge in [-0.2, -0.15) is 0 Å². The molecule has 4 aromatic rings. The summed E-state index contributed by atoms with van der Waals surface area (Å²) >= 11 is 1.06. The molecule has 0 aliphatic carbocycles. The predicted octanol–water partition coefficient (Wildman–Crippen LogP) is 5.17. The fourth-order valence-corrected chi connectivity index (χ4v) is 6.00. The van der Waals surface area contributed by atoms with E-state index in [9.17, 15) is 23.9 Å². The molecule has 2 atom stereocenters. The first-order chi connectivity index (χ1) is 18.7. The number of nitrogens with zero attached hydrogens (tertiary/aromatic N) is 2. The van der Waals surface area contributed by atoms with E-state index < -0.39 is 29.5 Å². The van der Waals surface area contributed by atoms with Gasteiger partial charge in [-0.1, -0.05) is 23.5 Å². The third kappa shape index (κ3) is 4.13. The molecule has 1 N–H and O–H groups in total. The Morgan fingerprint density at radius 3 is 2.59 bits per heavy atom. The second-order valence-corrected chi connectivity index (χ2v) is 10.4. The zero-order chi connectivity index (χ0) is 27.4. The predicted molar refractivity (Wildman–Crippen MR) is 142 cm³/mol. The van der Waals surface area contributed by atoms with E-state index in [1.165, 1.54) is 42.3 Å². The molecular weight excluding hydrogens is 523 g/mol. The number of thiazole rings is 1. The topological polar surface area (TPSA) is 106 Å². The highest BCUT2D eigenvalue weighted by Gasteiger charge is 2.48. The molecule has 2 aliphatic heterocycles. The number of carbonyl (C=O) groups excluding carboxylic acids is 3. The number of esters is 1. The monoisotopic (exact) mass is 544 g/mol. The summed E-state index contributed by atoms with van der Waals surface area (Å²) in [5.74, 6) is -2.40. The van der Waals surface area contributed by atoms with Crippen molar-refractivity contribution in [2.75, 3.05) is 12.0 Å². The molecule has 6 rings (SSSR count). The number of halogens is 1. The second kappa shape index (κ2) is 9.32. The van der Waals surface area contributed by atoms with E-state index in [1.54, 1.807) is 30.3 Å². The van der Waals surface area contributed by atoms with Gasteiger partial charge < -0.3 is 14.6 Å². The summed E-state index contributed by atoms with van der Waals surface area (Å²) in [6.45, 7) is 1.94. The van der Waals surface area contributed by atoms with Gasteiger partial charge in [0.05, 0.1) is 34.5 Å². The van der Waals surface area contributed by atoms with Gasteiger partial charge in [0.1, 0.15) is 23.4 Å². The third-order valence-electron chi connectivity index (χ3n) is 6.81. The molecule has 0 bridgehead atoms. The Bertz CT molecular complexity index is 1710. The fourth-order valence-electron chi connectivity index (χ4n) is 4.98. The zero-order valence-corrected chi connectivity index (χ0v) is 21.6. The number of ether oxygens (including phenoxy) is 2. The molecule has 1 amide bonds. The van der Waals surface area contributed by atoms with Crippen LogP contribution in [0, 0.1) is 5.82 Å². The number of fused-ring (bicyclic) bond motifs is 2. The van der Waals surface area contributed by atoms with Crippen molar-refractivity contribution in [2.45, 2.75) is 25.5 Å². The second-order valence-electron chi connectivity index (χ2n) is 9.35. The van der Waals surface area contributed by atoms with Gasteiger partial charge in [0, 0.05) is 12.0 Å². The van der Waals surface area contributed by atoms with Gasteiger partial charge in [-0.05, 0) is 66.6 Å². The number of aromatic nitrogens is 1. The maximum absolute atomic E-state index is 13.9. The van der Waals surface area contributed by atoms with E-state index in [2.05, 4.69) is 4.98 Å². The summed E-state index contributed by atoms with van der Waals surface area (Å²) < 4.78 is 24.9. The Morgan fingerprint density at radius 2 is 1.85 bits per heavy atom. The maximum atomic E-state index is 13.9. The van der Waals surface area contributed by atoms with Crippen LogP contribution in [0.15, 0.2) is 66.2 Å². The minimum Gasteiger partial charge on any atom is -0.507 e. The smallest absolute Gasteiger partial charge is 0.337 e. The molecule has 8 nitrogen and oxygen atoms in total. The molecule has 1 saturated heterocycles. The number of anilines is 1. The number of aliphatic hydroxyl groups excluding tert-OH is 1. The number of carbonyl (C=O) groups is 3. The highest BCUT2D eigenvalue weighted by atomic mass is 32.1. The van der Waals surface area contributed by atoms with Crippen LogP contribution < -0.4 is 9.64 Å². The first-order valence-corrected chi connectivity index (χ1v) is 12.9. The Hall–Kier alpha value is -4.57. The highest BCUT2D eigenvalue weighted by molar-refractivity contribution is 7.22. The van der Waals surface area contributed by atoms with E-state index in [4.69, 9.17) is 9.47 Å². The van der Waals surface area contributed by atoms with Crippen molar-refractivity contribution in [3.8, 4) is 5.75 Å². The molecule has 3 aromatic carbocycles. The van der Waals surface area contributed by atoms with Crippen LogP contribution in [0.3, 0.4) is 0 Å². The molecule has 1 aromatic heterocycles. The number of hydrogen-bond acceptors (Lipinski definition) is 8. The normalized spacial score (nSPS) is 19.8. The molecule has 2 unspecified atom stereocenters. The third-order valence-corrected chi connectivity index (χ3v) is 7.82. The quantitative estimate of drug-likeness (QED) is 0.164. The molecule has 0 saturated carbocycles. The van der Waals surface area contributed by atoms with Gasteiger partial charge in [0.25, 0.3) is 5.78 Å². The van der Waals surface area contributed by atoms with Gasteiger partial charge in [0.15, 0.2) is 5.13 Å². The Balaban J connectivity index is 1.52. The summed E-state index contributed by atoms with van der Waals surface area (Å²) in [6.07, 6.45) is 0.631. The first-order valence-electron chi connectivity index (χ1n) is 12.1. The van der Waals surface area contributed by atoms with Gasteiger partial charge in [-0.15, -0.1) is 0 Å². The molecular formula is C29H21FN2O6S. The lowest BCUT2D eigenvalue weighted by Crippen LogP contribution is -2.29. The molecule has 0 radical (unpaired) electrons. The van der Waals surface area contributed by atoms with E-state index in [0.717, 1.165) is 16.9 Å². The van der Waals surface area contributed by atoms with Crippen LogP contribution in [0.4, 0.5) is 9.52 Å². The Morgan fingerprint density at radius 1 is 1.10 bits per heavy atom.